The Morgan fingerprint density at radius 1 is 1.21 bits per heavy atom. The van der Waals surface area contributed by atoms with Crippen molar-refractivity contribution < 1.29 is 14.7 Å². The van der Waals surface area contributed by atoms with Crippen LogP contribution in [0.4, 0.5) is 0 Å². The van der Waals surface area contributed by atoms with Crippen LogP contribution in [0.1, 0.15) is 53.2 Å². The van der Waals surface area contributed by atoms with E-state index in [1.165, 1.54) is 17.1 Å². The number of H-pyrrole nitrogens is 1. The van der Waals surface area contributed by atoms with Crippen LogP contribution in [-0.4, -0.2) is 74.7 Å². The Morgan fingerprint density at radius 2 is 2.02 bits per heavy atom. The van der Waals surface area contributed by atoms with Crippen LogP contribution >= 0.6 is 22.9 Å². The molecule has 1 aliphatic rings. The molecular weight excluding hydrogens is 594 g/mol. The Labute approximate surface area is 253 Å². The van der Waals surface area contributed by atoms with Gasteiger partial charge in [-0.15, -0.1) is 16.4 Å². The Balaban J connectivity index is 1.34. The molecule has 5 aromatic rings. The number of likely N-dealkylation sites (N-methyl/N-ethyl adjacent to an activating group) is 1. The summed E-state index contributed by atoms with van der Waals surface area (Å²) in [6.45, 7) is 4.84. The van der Waals surface area contributed by atoms with Crippen molar-refractivity contribution >= 4 is 34.8 Å². The molecule has 0 saturated heterocycles. The van der Waals surface area contributed by atoms with Gasteiger partial charge in [-0.05, 0) is 54.5 Å². The van der Waals surface area contributed by atoms with Crippen molar-refractivity contribution in [2.45, 2.75) is 39.2 Å². The number of aromatic carboxylic acids is 1. The number of carbonyl (C=O) groups excluding carboxylic acids is 1. The lowest BCUT2D eigenvalue weighted by Crippen LogP contribution is -2.32. The molecule has 1 amide bonds. The van der Waals surface area contributed by atoms with Gasteiger partial charge in [0, 0.05) is 47.1 Å². The molecule has 6 rings (SSSR count). The van der Waals surface area contributed by atoms with E-state index < -0.39 is 12.0 Å². The van der Waals surface area contributed by atoms with Crippen LogP contribution in [-0.2, 0) is 17.6 Å². The van der Waals surface area contributed by atoms with Crippen molar-refractivity contribution in [1.29, 1.82) is 0 Å². The number of carboxylic acids is 1. The number of benzene rings is 1. The standard InChI is InChI=1S/C28H26ClN9O4S/c1-3-36(4-2)24(39)10-16-18(13-43-26(16)28(41)42)20-12-30-27(33-20)22-7-8-23-32-19(11-25(40)38(22)23)17-9-15(29)5-6-21(17)37-14-31-34-35-37/h5-6,9,11-14,22H,3-4,7-8,10H2,1-2H3,(H,30,33)(H,41,42)/t22-/m0/s1. The third-order valence-electron chi connectivity index (χ3n) is 7.54. The van der Waals surface area contributed by atoms with Crippen LogP contribution in [0.5, 0.6) is 0 Å². The molecule has 43 heavy (non-hydrogen) atoms. The van der Waals surface area contributed by atoms with Gasteiger partial charge in [0.25, 0.3) is 5.56 Å². The number of carbonyl (C=O) groups is 2. The van der Waals surface area contributed by atoms with E-state index in [1.54, 1.807) is 39.2 Å². The number of nitrogens with zero attached hydrogens (tertiary/aromatic N) is 8. The molecule has 0 fully saturated rings. The van der Waals surface area contributed by atoms with E-state index in [0.717, 1.165) is 11.3 Å². The highest BCUT2D eigenvalue weighted by Gasteiger charge is 2.30. The van der Waals surface area contributed by atoms with Crippen LogP contribution in [0.2, 0.25) is 5.02 Å². The van der Waals surface area contributed by atoms with Crippen LogP contribution in [0.3, 0.4) is 0 Å². The van der Waals surface area contributed by atoms with Gasteiger partial charge in [0.1, 0.15) is 22.9 Å². The number of hydrogen-bond acceptors (Lipinski definition) is 9. The quantitative estimate of drug-likeness (QED) is 0.250. The predicted octanol–water partition coefficient (Wildman–Crippen LogP) is 3.64. The molecule has 1 atom stereocenters. The fraction of sp³-hybridized carbons (Fsp3) is 0.286. The predicted molar refractivity (Wildman–Crippen MR) is 159 cm³/mol. The SMILES string of the molecule is CCN(CC)C(=O)Cc1c(-c2cnc([C@@H]3CCc4nc(-c5cc(Cl)ccc5-n5cnnn5)cc(=O)n43)[nH]2)csc1C(=O)O. The average Bonchev–Trinajstić information content (AvgIpc) is 3.80. The third-order valence-corrected chi connectivity index (χ3v) is 8.79. The second-order valence-electron chi connectivity index (χ2n) is 9.92. The summed E-state index contributed by atoms with van der Waals surface area (Å²) in [6, 6.07) is 6.26. The number of nitrogens with one attached hydrogen (secondary N) is 1. The van der Waals surface area contributed by atoms with E-state index in [-0.39, 0.29) is 22.8 Å². The highest BCUT2D eigenvalue weighted by molar-refractivity contribution is 7.12. The molecule has 0 unspecified atom stereocenters. The van der Waals surface area contributed by atoms with E-state index in [2.05, 4.69) is 25.5 Å². The number of amides is 1. The van der Waals surface area contributed by atoms with Crippen LogP contribution < -0.4 is 5.56 Å². The first-order valence-electron chi connectivity index (χ1n) is 13.6. The molecule has 0 aliphatic carbocycles. The van der Waals surface area contributed by atoms with Gasteiger partial charge in [0.05, 0.1) is 35.7 Å². The lowest BCUT2D eigenvalue weighted by molar-refractivity contribution is -0.130. The Kier molecular flexibility index (Phi) is 7.62. The Hall–Kier alpha value is -4.69. The van der Waals surface area contributed by atoms with Crippen molar-refractivity contribution in [3.63, 3.8) is 0 Å². The maximum atomic E-state index is 13.5. The first-order valence-corrected chi connectivity index (χ1v) is 14.9. The minimum Gasteiger partial charge on any atom is -0.477 e. The molecule has 0 spiro atoms. The van der Waals surface area contributed by atoms with E-state index in [4.69, 9.17) is 16.6 Å². The van der Waals surface area contributed by atoms with Gasteiger partial charge in [-0.25, -0.2) is 14.8 Å². The number of carboxylic acid groups (broad SMARTS) is 1. The summed E-state index contributed by atoms with van der Waals surface area (Å²) in [6.07, 6.45) is 4.16. The number of rotatable bonds is 9. The van der Waals surface area contributed by atoms with Crippen LogP contribution in [0.15, 0.2) is 47.0 Å². The van der Waals surface area contributed by atoms with E-state index >= 15 is 0 Å². The zero-order valence-electron chi connectivity index (χ0n) is 23.2. The zero-order chi connectivity index (χ0) is 30.2. The number of imidazole rings is 1. The first-order chi connectivity index (χ1) is 20.8. The van der Waals surface area contributed by atoms with E-state index in [1.807, 2.05) is 13.8 Å². The maximum Gasteiger partial charge on any atom is 0.346 e. The fourth-order valence-electron chi connectivity index (χ4n) is 5.47. The summed E-state index contributed by atoms with van der Waals surface area (Å²) in [5.74, 6) is -0.0821. The molecule has 1 aliphatic heterocycles. The minimum absolute atomic E-state index is 0.0366. The van der Waals surface area contributed by atoms with Gasteiger partial charge in [-0.1, -0.05) is 11.6 Å². The molecule has 15 heteroatoms. The summed E-state index contributed by atoms with van der Waals surface area (Å²) in [4.78, 5) is 52.9. The van der Waals surface area contributed by atoms with Crippen LogP contribution in [0.25, 0.3) is 28.2 Å². The largest absolute Gasteiger partial charge is 0.477 e. The van der Waals surface area contributed by atoms with Gasteiger partial charge in [0.15, 0.2) is 0 Å². The third kappa shape index (κ3) is 5.23. The summed E-state index contributed by atoms with van der Waals surface area (Å²) in [7, 11) is 0. The average molecular weight is 620 g/mol. The van der Waals surface area contributed by atoms with E-state index in [0.29, 0.717) is 76.4 Å². The minimum atomic E-state index is -1.08. The number of aryl methyl sites for hydroxylation is 1. The topological polar surface area (TPSA) is 165 Å². The summed E-state index contributed by atoms with van der Waals surface area (Å²) in [5, 5.41) is 23.4. The number of tetrazole rings is 1. The Bertz CT molecular complexity index is 1890. The number of hydrogen-bond donors (Lipinski definition) is 2. The monoisotopic (exact) mass is 619 g/mol. The molecule has 220 valence electrons. The highest BCUT2D eigenvalue weighted by atomic mass is 35.5. The molecule has 13 nitrogen and oxygen atoms in total. The molecule has 4 aromatic heterocycles. The van der Waals surface area contributed by atoms with Gasteiger partial charge >= 0.3 is 5.97 Å². The first kappa shape index (κ1) is 28.4. The van der Waals surface area contributed by atoms with Gasteiger partial charge in [-0.3, -0.25) is 14.2 Å². The van der Waals surface area contributed by atoms with Gasteiger partial charge in [-0.2, -0.15) is 4.68 Å². The molecular formula is C28H26ClN9O4S. The molecule has 0 radical (unpaired) electrons. The number of aromatic amines is 1. The number of fused-ring (bicyclic) bond motifs is 1. The van der Waals surface area contributed by atoms with Crippen molar-refractivity contribution in [2.24, 2.45) is 0 Å². The second-order valence-corrected chi connectivity index (χ2v) is 11.2. The number of aromatic nitrogens is 8. The number of thiophene rings is 1. The molecule has 5 heterocycles. The van der Waals surface area contributed by atoms with Gasteiger partial charge < -0.3 is 15.0 Å². The van der Waals surface area contributed by atoms with Crippen molar-refractivity contribution in [1.82, 2.24) is 44.6 Å². The zero-order valence-corrected chi connectivity index (χ0v) is 24.8. The molecule has 2 N–H and O–H groups in total. The highest BCUT2D eigenvalue weighted by Crippen LogP contribution is 2.35. The Morgan fingerprint density at radius 3 is 2.74 bits per heavy atom. The maximum absolute atomic E-state index is 13.5. The molecule has 0 bridgehead atoms. The second kappa shape index (κ2) is 11.5. The van der Waals surface area contributed by atoms with E-state index in [9.17, 15) is 19.5 Å². The van der Waals surface area contributed by atoms with Crippen molar-refractivity contribution in [3.8, 4) is 28.2 Å². The summed E-state index contributed by atoms with van der Waals surface area (Å²) >= 11 is 7.37. The van der Waals surface area contributed by atoms with Gasteiger partial charge in [0.2, 0.25) is 5.91 Å². The van der Waals surface area contributed by atoms with Crippen LogP contribution in [0, 0.1) is 0 Å². The lowest BCUT2D eigenvalue weighted by Gasteiger charge is -2.19. The summed E-state index contributed by atoms with van der Waals surface area (Å²) < 4.78 is 3.10. The summed E-state index contributed by atoms with van der Waals surface area (Å²) in [5.41, 5.74) is 3.07. The molecule has 0 saturated carbocycles. The normalized spacial score (nSPS) is 14.2. The smallest absolute Gasteiger partial charge is 0.346 e. The van der Waals surface area contributed by atoms with Crippen molar-refractivity contribution in [2.75, 3.05) is 13.1 Å². The molecule has 1 aromatic carbocycles. The van der Waals surface area contributed by atoms with Crippen molar-refractivity contribution in [3.05, 3.63) is 79.6 Å². The lowest BCUT2D eigenvalue weighted by atomic mass is 10.0. The number of halogens is 1. The fourth-order valence-corrected chi connectivity index (χ4v) is 6.57.